The molecule has 0 aromatic carbocycles. The summed E-state index contributed by atoms with van der Waals surface area (Å²) in [5, 5.41) is 6.01. The molecule has 8 heteroatoms. The summed E-state index contributed by atoms with van der Waals surface area (Å²) in [6.45, 7) is 6.24. The van der Waals surface area contributed by atoms with E-state index in [2.05, 4.69) is 36.1 Å². The zero-order valence-corrected chi connectivity index (χ0v) is 14.4. The molecule has 0 radical (unpaired) electrons. The Hall–Kier alpha value is -1.67. The number of rotatable bonds is 3. The summed E-state index contributed by atoms with van der Waals surface area (Å²) < 4.78 is 0. The number of hydrogen-bond donors (Lipinski definition) is 2. The van der Waals surface area contributed by atoms with Crippen LogP contribution < -0.4 is 16.0 Å². The Morgan fingerprint density at radius 1 is 1.33 bits per heavy atom. The first-order valence-corrected chi connectivity index (χ1v) is 8.09. The summed E-state index contributed by atoms with van der Waals surface area (Å²) in [5.41, 5.74) is 6.72. The van der Waals surface area contributed by atoms with Crippen LogP contribution in [0.3, 0.4) is 0 Å². The molecule has 0 spiro atoms. The highest BCUT2D eigenvalue weighted by Gasteiger charge is 2.21. The normalized spacial score (nSPS) is 11.5. The van der Waals surface area contributed by atoms with Gasteiger partial charge < -0.3 is 10.6 Å². The molecule has 2 heterocycles. The zero-order valence-electron chi connectivity index (χ0n) is 12.7. The minimum absolute atomic E-state index is 0.0406. The fraction of sp³-hybridized carbons (Fsp3) is 0.462. The highest BCUT2D eigenvalue weighted by atomic mass is 32.1. The average Bonchev–Trinajstić information content (AvgIpc) is 2.94. The van der Waals surface area contributed by atoms with Crippen LogP contribution in [0.1, 0.15) is 36.1 Å². The summed E-state index contributed by atoms with van der Waals surface area (Å²) in [6, 6.07) is 0. The van der Waals surface area contributed by atoms with E-state index in [0.29, 0.717) is 15.1 Å². The largest absolute Gasteiger partial charge is 0.382 e. The molecular weight excluding hydrogens is 306 g/mol. The second-order valence-electron chi connectivity index (χ2n) is 5.85. The lowest BCUT2D eigenvalue weighted by Gasteiger charge is -2.14. The van der Waals surface area contributed by atoms with Crippen LogP contribution in [0.5, 0.6) is 0 Å². The fourth-order valence-electron chi connectivity index (χ4n) is 1.50. The summed E-state index contributed by atoms with van der Waals surface area (Å²) >= 11 is 2.67. The van der Waals surface area contributed by atoms with E-state index < -0.39 is 0 Å². The van der Waals surface area contributed by atoms with Gasteiger partial charge in [0.2, 0.25) is 0 Å². The lowest BCUT2D eigenvalue weighted by atomic mass is 9.93. The van der Waals surface area contributed by atoms with Crippen LogP contribution in [-0.2, 0) is 5.41 Å². The van der Waals surface area contributed by atoms with Crippen LogP contribution >= 0.6 is 22.7 Å². The molecule has 6 nitrogen and oxygen atoms in total. The van der Waals surface area contributed by atoms with Gasteiger partial charge >= 0.3 is 0 Å². The monoisotopic (exact) mass is 325 g/mol. The van der Waals surface area contributed by atoms with E-state index in [9.17, 15) is 4.79 Å². The maximum absolute atomic E-state index is 12.3. The molecule has 0 saturated heterocycles. The number of nitrogens with zero attached hydrogens (tertiary/aromatic N) is 3. The third-order valence-corrected chi connectivity index (χ3v) is 4.72. The van der Waals surface area contributed by atoms with Crippen LogP contribution in [0.2, 0.25) is 0 Å². The quantitative estimate of drug-likeness (QED) is 0.906. The van der Waals surface area contributed by atoms with Gasteiger partial charge in [0.1, 0.15) is 10.7 Å². The predicted molar refractivity (Wildman–Crippen MR) is 89.6 cm³/mol. The van der Waals surface area contributed by atoms with Gasteiger partial charge in [-0.2, -0.15) is 0 Å². The van der Waals surface area contributed by atoms with Crippen molar-refractivity contribution in [3.8, 4) is 0 Å². The Balaban J connectivity index is 2.16. The number of carbonyl (C=O) groups is 1. The molecule has 21 heavy (non-hydrogen) atoms. The number of hydrogen-bond acceptors (Lipinski definition) is 7. The van der Waals surface area contributed by atoms with E-state index in [1.165, 1.54) is 22.7 Å². The first-order chi connectivity index (χ1) is 9.68. The van der Waals surface area contributed by atoms with E-state index >= 15 is 0 Å². The van der Waals surface area contributed by atoms with Crippen molar-refractivity contribution in [3.05, 3.63) is 16.0 Å². The van der Waals surface area contributed by atoms with Gasteiger partial charge in [0.05, 0.1) is 5.69 Å². The van der Waals surface area contributed by atoms with Gasteiger partial charge in [-0.15, -0.1) is 11.3 Å². The highest BCUT2D eigenvalue weighted by molar-refractivity contribution is 7.18. The van der Waals surface area contributed by atoms with E-state index in [1.54, 1.807) is 0 Å². The third kappa shape index (κ3) is 3.51. The molecule has 0 fully saturated rings. The van der Waals surface area contributed by atoms with Crippen LogP contribution in [0, 0.1) is 0 Å². The van der Waals surface area contributed by atoms with Crippen molar-refractivity contribution in [2.24, 2.45) is 0 Å². The molecule has 0 atom stereocenters. The lowest BCUT2D eigenvalue weighted by molar-refractivity contribution is 0.103. The van der Waals surface area contributed by atoms with Crippen LogP contribution in [-0.4, -0.2) is 30.0 Å². The molecule has 3 N–H and O–H groups in total. The molecule has 2 aromatic heterocycles. The number of nitrogens with one attached hydrogen (secondary N) is 1. The molecule has 0 aliphatic rings. The van der Waals surface area contributed by atoms with Crippen LogP contribution in [0.15, 0.2) is 5.38 Å². The maximum atomic E-state index is 12.3. The van der Waals surface area contributed by atoms with Crippen molar-refractivity contribution in [2.45, 2.75) is 26.2 Å². The SMILES string of the molecule is CN(C)c1nc(N)c(C(=O)Nc2nc(C(C)(C)C)cs2)s1. The lowest BCUT2D eigenvalue weighted by Crippen LogP contribution is -2.14. The second-order valence-corrected chi connectivity index (χ2v) is 7.68. The van der Waals surface area contributed by atoms with Gasteiger partial charge in [0, 0.05) is 24.9 Å². The van der Waals surface area contributed by atoms with E-state index in [1.807, 2.05) is 24.4 Å². The van der Waals surface area contributed by atoms with Gasteiger partial charge in [-0.25, -0.2) is 9.97 Å². The second kappa shape index (κ2) is 5.61. The summed E-state index contributed by atoms with van der Waals surface area (Å²) in [7, 11) is 3.72. The van der Waals surface area contributed by atoms with E-state index in [4.69, 9.17) is 5.73 Å². The maximum Gasteiger partial charge on any atom is 0.271 e. The number of thiazole rings is 2. The van der Waals surface area contributed by atoms with Crippen molar-refractivity contribution >= 4 is 44.7 Å². The Morgan fingerprint density at radius 3 is 2.48 bits per heavy atom. The molecular formula is C13H19N5OS2. The Labute approximate surface area is 132 Å². The topological polar surface area (TPSA) is 84.1 Å². The van der Waals surface area contributed by atoms with Gasteiger partial charge in [-0.1, -0.05) is 32.1 Å². The van der Waals surface area contributed by atoms with Crippen molar-refractivity contribution in [1.29, 1.82) is 0 Å². The van der Waals surface area contributed by atoms with E-state index in [-0.39, 0.29) is 17.1 Å². The molecule has 114 valence electrons. The van der Waals surface area contributed by atoms with E-state index in [0.717, 1.165) is 5.69 Å². The summed E-state index contributed by atoms with van der Waals surface area (Å²) in [5.74, 6) is -0.0262. The third-order valence-electron chi connectivity index (χ3n) is 2.72. The minimum atomic E-state index is -0.270. The van der Waals surface area contributed by atoms with Crippen molar-refractivity contribution in [3.63, 3.8) is 0 Å². The number of nitrogens with two attached hydrogens (primary N) is 1. The van der Waals surface area contributed by atoms with Crippen molar-refractivity contribution < 1.29 is 4.79 Å². The standard InChI is InChI=1S/C13H19N5OS2/c1-13(2,3)7-6-20-11(15-7)17-10(19)8-9(14)16-12(21-8)18(4)5/h6H,14H2,1-5H3,(H,15,17,19). The predicted octanol–water partition coefficient (Wildman–Crippen LogP) is 2.80. The first-order valence-electron chi connectivity index (χ1n) is 6.39. The Kier molecular flexibility index (Phi) is 4.20. The molecule has 0 aliphatic carbocycles. The molecule has 1 amide bonds. The molecule has 0 saturated carbocycles. The average molecular weight is 325 g/mol. The fourth-order valence-corrected chi connectivity index (χ4v) is 3.24. The van der Waals surface area contributed by atoms with Crippen LogP contribution in [0.4, 0.5) is 16.1 Å². The smallest absolute Gasteiger partial charge is 0.271 e. The molecule has 0 unspecified atom stereocenters. The molecule has 2 rings (SSSR count). The zero-order chi connectivity index (χ0) is 15.8. The van der Waals surface area contributed by atoms with Gasteiger partial charge in [-0.05, 0) is 0 Å². The Morgan fingerprint density at radius 2 is 2.00 bits per heavy atom. The number of amides is 1. The molecule has 0 bridgehead atoms. The number of aromatic nitrogens is 2. The molecule has 0 aliphatic heterocycles. The molecule has 2 aromatic rings. The van der Waals surface area contributed by atoms with Gasteiger partial charge in [-0.3, -0.25) is 10.1 Å². The van der Waals surface area contributed by atoms with Crippen molar-refractivity contribution in [2.75, 3.05) is 30.0 Å². The first kappa shape index (κ1) is 15.7. The number of carbonyl (C=O) groups excluding carboxylic acids is 1. The van der Waals surface area contributed by atoms with Crippen LogP contribution in [0.25, 0.3) is 0 Å². The highest BCUT2D eigenvalue weighted by Crippen LogP contribution is 2.29. The van der Waals surface area contributed by atoms with Gasteiger partial charge in [0.25, 0.3) is 5.91 Å². The minimum Gasteiger partial charge on any atom is -0.382 e. The summed E-state index contributed by atoms with van der Waals surface area (Å²) in [4.78, 5) is 23.1. The number of anilines is 3. The van der Waals surface area contributed by atoms with Crippen molar-refractivity contribution in [1.82, 2.24) is 9.97 Å². The van der Waals surface area contributed by atoms with Gasteiger partial charge in [0.15, 0.2) is 10.3 Å². The number of nitrogen functional groups attached to an aromatic ring is 1. The summed E-state index contributed by atoms with van der Waals surface area (Å²) in [6.07, 6.45) is 0. The Bertz CT molecular complexity index is 654.